The fourth-order valence-electron chi connectivity index (χ4n) is 3.32. The van der Waals surface area contributed by atoms with Gasteiger partial charge in [-0.2, -0.15) is 0 Å². The zero-order valence-corrected chi connectivity index (χ0v) is 15.9. The summed E-state index contributed by atoms with van der Waals surface area (Å²) in [6, 6.07) is 10.9. The monoisotopic (exact) mass is 382 g/mol. The van der Waals surface area contributed by atoms with Crippen molar-refractivity contribution < 1.29 is 23.8 Å². The van der Waals surface area contributed by atoms with Gasteiger partial charge in [0.05, 0.1) is 5.69 Å². The highest BCUT2D eigenvalue weighted by atomic mass is 16.6. The normalized spacial score (nSPS) is 17.6. The van der Waals surface area contributed by atoms with Crippen LogP contribution >= 0.6 is 0 Å². The van der Waals surface area contributed by atoms with E-state index in [1.165, 1.54) is 4.90 Å². The summed E-state index contributed by atoms with van der Waals surface area (Å²) in [5.41, 5.74) is 2.20. The highest BCUT2D eigenvalue weighted by Crippen LogP contribution is 2.36. The number of amides is 2. The topological polar surface area (TPSA) is 77.1 Å². The number of nitrogens with zero attached hydrogens (tertiary/aromatic N) is 1. The number of hydrogen-bond donors (Lipinski definition) is 1. The highest BCUT2D eigenvalue weighted by molar-refractivity contribution is 6.06. The second kappa shape index (κ2) is 7.42. The van der Waals surface area contributed by atoms with Crippen LogP contribution in [-0.4, -0.2) is 37.7 Å². The van der Waals surface area contributed by atoms with Gasteiger partial charge in [0.2, 0.25) is 5.91 Å². The van der Waals surface area contributed by atoms with Crippen molar-refractivity contribution in [1.29, 1.82) is 0 Å². The first-order chi connectivity index (χ1) is 13.5. The Morgan fingerprint density at radius 2 is 1.86 bits per heavy atom. The van der Waals surface area contributed by atoms with Gasteiger partial charge < -0.3 is 19.5 Å². The average Bonchev–Trinajstić information content (AvgIpc) is 2.70. The lowest BCUT2D eigenvalue weighted by atomic mass is 10.1. The maximum absolute atomic E-state index is 12.8. The number of rotatable bonds is 4. The predicted octanol–water partition coefficient (Wildman–Crippen LogP) is 2.91. The molecule has 0 saturated carbocycles. The number of ether oxygens (including phenoxy) is 3. The molecule has 0 spiro atoms. The molecule has 2 heterocycles. The summed E-state index contributed by atoms with van der Waals surface area (Å²) in [4.78, 5) is 27.0. The summed E-state index contributed by atoms with van der Waals surface area (Å²) in [5.74, 6) is 1.36. The van der Waals surface area contributed by atoms with E-state index in [0.717, 1.165) is 5.56 Å². The van der Waals surface area contributed by atoms with Crippen LogP contribution in [0.5, 0.6) is 17.2 Å². The number of carbonyl (C=O) groups excluding carboxylic acids is 2. The summed E-state index contributed by atoms with van der Waals surface area (Å²) >= 11 is 0. The lowest BCUT2D eigenvalue weighted by molar-refractivity contribution is -0.128. The number of fused-ring (bicyclic) bond motifs is 2. The van der Waals surface area contributed by atoms with Gasteiger partial charge in [0.15, 0.2) is 17.6 Å². The summed E-state index contributed by atoms with van der Waals surface area (Å²) in [6.45, 7) is 4.71. The van der Waals surface area contributed by atoms with Crippen molar-refractivity contribution in [3.8, 4) is 17.2 Å². The molecule has 0 aliphatic carbocycles. The number of hydrogen-bond acceptors (Lipinski definition) is 5. The maximum atomic E-state index is 12.8. The number of benzene rings is 2. The fraction of sp³-hybridized carbons (Fsp3) is 0.333. The molecular weight excluding hydrogens is 360 g/mol. The molecule has 28 heavy (non-hydrogen) atoms. The van der Waals surface area contributed by atoms with Crippen LogP contribution in [0.1, 0.15) is 18.9 Å². The zero-order chi connectivity index (χ0) is 19.7. The van der Waals surface area contributed by atoms with Crippen molar-refractivity contribution in [2.75, 3.05) is 30.0 Å². The summed E-state index contributed by atoms with van der Waals surface area (Å²) in [7, 11) is 0. The second-order valence-electron chi connectivity index (χ2n) is 6.82. The first kappa shape index (κ1) is 18.2. The SMILES string of the molecule is CCC1Oc2ccc(C)cc2N(CC(=O)Nc2ccc3c(c2)OCCO3)C1=O. The Labute approximate surface area is 163 Å². The molecule has 0 radical (unpaired) electrons. The van der Waals surface area contributed by atoms with Gasteiger partial charge in [0, 0.05) is 11.8 Å². The van der Waals surface area contributed by atoms with Gasteiger partial charge in [-0.1, -0.05) is 13.0 Å². The van der Waals surface area contributed by atoms with Crippen LogP contribution in [0.4, 0.5) is 11.4 Å². The van der Waals surface area contributed by atoms with Crippen LogP contribution in [0, 0.1) is 6.92 Å². The Hall–Kier alpha value is -3.22. The van der Waals surface area contributed by atoms with Crippen molar-refractivity contribution in [1.82, 2.24) is 0 Å². The molecule has 1 unspecified atom stereocenters. The van der Waals surface area contributed by atoms with Crippen LogP contribution in [0.15, 0.2) is 36.4 Å². The molecule has 0 bridgehead atoms. The Balaban J connectivity index is 1.53. The third-order valence-corrected chi connectivity index (χ3v) is 4.71. The third-order valence-electron chi connectivity index (χ3n) is 4.71. The van der Waals surface area contributed by atoms with Gasteiger partial charge >= 0.3 is 0 Å². The molecule has 1 N–H and O–H groups in total. The van der Waals surface area contributed by atoms with Crippen molar-refractivity contribution in [2.45, 2.75) is 26.4 Å². The van der Waals surface area contributed by atoms with Crippen LogP contribution in [0.2, 0.25) is 0 Å². The standard InChI is InChI=1S/C21H22N2O5/c1-3-16-21(25)23(15-10-13(2)4-6-17(15)28-16)12-20(24)22-14-5-7-18-19(11-14)27-9-8-26-18/h4-7,10-11,16H,3,8-9,12H2,1-2H3,(H,22,24). The summed E-state index contributed by atoms with van der Waals surface area (Å²) in [6.07, 6.45) is -0.0517. The smallest absolute Gasteiger partial charge is 0.268 e. The van der Waals surface area contributed by atoms with Crippen LogP contribution in [-0.2, 0) is 9.59 Å². The molecule has 2 amide bonds. The minimum absolute atomic E-state index is 0.0937. The molecule has 1 atom stereocenters. The van der Waals surface area contributed by atoms with Gasteiger partial charge in [0.1, 0.15) is 25.5 Å². The average molecular weight is 382 g/mol. The first-order valence-electron chi connectivity index (χ1n) is 9.33. The molecule has 2 aromatic carbocycles. The highest BCUT2D eigenvalue weighted by Gasteiger charge is 2.34. The van der Waals surface area contributed by atoms with Crippen LogP contribution in [0.25, 0.3) is 0 Å². The number of carbonyl (C=O) groups is 2. The Morgan fingerprint density at radius 1 is 1.11 bits per heavy atom. The van der Waals surface area contributed by atoms with E-state index in [1.807, 2.05) is 32.0 Å². The predicted molar refractivity (Wildman–Crippen MR) is 104 cm³/mol. The Kier molecular flexibility index (Phi) is 4.81. The third kappa shape index (κ3) is 3.47. The Bertz CT molecular complexity index is 927. The maximum Gasteiger partial charge on any atom is 0.268 e. The van der Waals surface area contributed by atoms with Gasteiger partial charge in [-0.15, -0.1) is 0 Å². The fourth-order valence-corrected chi connectivity index (χ4v) is 3.32. The van der Waals surface area contributed by atoms with E-state index >= 15 is 0 Å². The number of aryl methyl sites for hydroxylation is 1. The van der Waals surface area contributed by atoms with Crippen molar-refractivity contribution >= 4 is 23.2 Å². The minimum Gasteiger partial charge on any atom is -0.486 e. The Morgan fingerprint density at radius 3 is 2.64 bits per heavy atom. The zero-order valence-electron chi connectivity index (χ0n) is 15.9. The van der Waals surface area contributed by atoms with Crippen LogP contribution < -0.4 is 24.4 Å². The molecular formula is C21H22N2O5. The lowest BCUT2D eigenvalue weighted by Crippen LogP contribution is -2.48. The van der Waals surface area contributed by atoms with E-state index in [1.54, 1.807) is 18.2 Å². The molecule has 0 aromatic heterocycles. The van der Waals surface area contributed by atoms with E-state index in [4.69, 9.17) is 14.2 Å². The van der Waals surface area contributed by atoms with E-state index in [-0.39, 0.29) is 18.4 Å². The second-order valence-corrected chi connectivity index (χ2v) is 6.82. The summed E-state index contributed by atoms with van der Waals surface area (Å²) in [5, 5.41) is 2.83. The van der Waals surface area contributed by atoms with Gasteiger partial charge in [-0.25, -0.2) is 0 Å². The number of nitrogens with one attached hydrogen (secondary N) is 1. The van der Waals surface area contributed by atoms with E-state index in [9.17, 15) is 9.59 Å². The van der Waals surface area contributed by atoms with E-state index in [2.05, 4.69) is 5.32 Å². The van der Waals surface area contributed by atoms with Crippen LogP contribution in [0.3, 0.4) is 0 Å². The van der Waals surface area contributed by atoms with E-state index in [0.29, 0.717) is 48.3 Å². The van der Waals surface area contributed by atoms with Gasteiger partial charge in [-0.05, 0) is 43.2 Å². The molecule has 7 nitrogen and oxygen atoms in total. The minimum atomic E-state index is -0.586. The molecule has 2 aliphatic heterocycles. The molecule has 4 rings (SSSR count). The molecule has 0 saturated heterocycles. The quantitative estimate of drug-likeness (QED) is 0.880. The molecule has 2 aliphatic rings. The van der Waals surface area contributed by atoms with Crippen molar-refractivity contribution in [2.24, 2.45) is 0 Å². The molecule has 2 aromatic rings. The lowest BCUT2D eigenvalue weighted by Gasteiger charge is -2.34. The largest absolute Gasteiger partial charge is 0.486 e. The van der Waals surface area contributed by atoms with Gasteiger partial charge in [0.25, 0.3) is 5.91 Å². The van der Waals surface area contributed by atoms with Gasteiger partial charge in [-0.3, -0.25) is 14.5 Å². The van der Waals surface area contributed by atoms with E-state index < -0.39 is 6.10 Å². The summed E-state index contributed by atoms with van der Waals surface area (Å²) < 4.78 is 16.8. The van der Waals surface area contributed by atoms with Crippen molar-refractivity contribution in [3.63, 3.8) is 0 Å². The number of anilines is 2. The van der Waals surface area contributed by atoms with Crippen molar-refractivity contribution in [3.05, 3.63) is 42.0 Å². The molecule has 146 valence electrons. The first-order valence-corrected chi connectivity index (χ1v) is 9.33. The molecule has 0 fully saturated rings. The molecule has 7 heteroatoms.